The zero-order chi connectivity index (χ0) is 10.7. The second-order valence-corrected chi connectivity index (χ2v) is 6.18. The molecule has 0 aromatic rings. The molecule has 2 aliphatic rings. The Morgan fingerprint density at radius 3 is 2.67 bits per heavy atom. The molecule has 15 heavy (non-hydrogen) atoms. The van der Waals surface area contributed by atoms with Crippen LogP contribution in [0, 0.1) is 0 Å². The van der Waals surface area contributed by atoms with E-state index in [0.29, 0.717) is 0 Å². The lowest BCUT2D eigenvalue weighted by atomic mass is 10.0. The van der Waals surface area contributed by atoms with Crippen molar-refractivity contribution >= 4 is 31.9 Å². The maximum Gasteiger partial charge on any atom is 0.0610 e. The van der Waals surface area contributed by atoms with E-state index >= 15 is 0 Å². The minimum absolute atomic E-state index is 0.969. The van der Waals surface area contributed by atoms with E-state index in [-0.39, 0.29) is 0 Å². The molecule has 0 aromatic carbocycles. The highest BCUT2D eigenvalue weighted by atomic mass is 79.9. The van der Waals surface area contributed by atoms with E-state index in [2.05, 4.69) is 80.5 Å². The monoisotopic (exact) mass is 324 g/mol. The average Bonchev–Trinajstić information content (AvgIpc) is 2.50. The van der Waals surface area contributed by atoms with Crippen molar-refractivity contribution in [2.24, 2.45) is 0 Å². The molecule has 0 aromatic heterocycles. The van der Waals surface area contributed by atoms with Gasteiger partial charge in [-0.2, -0.15) is 0 Å². The lowest BCUT2D eigenvalue weighted by Gasteiger charge is -2.05. The van der Waals surface area contributed by atoms with E-state index < -0.39 is 0 Å². The molecular weight excluding hydrogens is 316 g/mol. The molecule has 0 saturated heterocycles. The van der Waals surface area contributed by atoms with E-state index in [9.17, 15) is 0 Å². The minimum Gasteiger partial charge on any atom is -0.0620 e. The molecule has 2 aliphatic carbocycles. The molecule has 2 bridgehead atoms. The zero-order valence-electron chi connectivity index (χ0n) is 8.08. The Labute approximate surface area is 107 Å². The molecule has 0 atom stereocenters. The van der Waals surface area contributed by atoms with Gasteiger partial charge in [0, 0.05) is 0 Å². The molecule has 0 saturated carbocycles. The number of halogens is 2. The van der Waals surface area contributed by atoms with Gasteiger partial charge in [0.25, 0.3) is 0 Å². The quantitative estimate of drug-likeness (QED) is 0.641. The van der Waals surface area contributed by atoms with Crippen LogP contribution >= 0.6 is 31.9 Å². The summed E-state index contributed by atoms with van der Waals surface area (Å²) < 4.78 is 0.969. The summed E-state index contributed by atoms with van der Waals surface area (Å²) in [6, 6.07) is 0. The summed E-state index contributed by atoms with van der Waals surface area (Å²) in [5.74, 6) is 0. The van der Waals surface area contributed by atoms with Gasteiger partial charge >= 0.3 is 0 Å². The fraction of sp³-hybridized carbons (Fsp3) is 0.0769. The van der Waals surface area contributed by atoms with Crippen LogP contribution in [0.25, 0.3) is 0 Å². The van der Waals surface area contributed by atoms with Crippen molar-refractivity contribution in [3.05, 3.63) is 68.7 Å². The molecule has 0 fully saturated rings. The first kappa shape index (κ1) is 10.9. The molecule has 0 nitrogen and oxygen atoms in total. The lowest BCUT2D eigenvalue weighted by Crippen LogP contribution is -1.86. The van der Waals surface area contributed by atoms with Crippen LogP contribution < -0.4 is 0 Å². The van der Waals surface area contributed by atoms with Crippen molar-refractivity contribution in [2.45, 2.75) is 6.42 Å². The highest BCUT2D eigenvalue weighted by molar-refractivity contribution is 9.28. The van der Waals surface area contributed by atoms with Crippen LogP contribution in [0.5, 0.6) is 0 Å². The first-order chi connectivity index (χ1) is 7.25. The van der Waals surface area contributed by atoms with E-state index in [0.717, 1.165) is 9.81 Å². The molecular formula is C13H10Br2. The van der Waals surface area contributed by atoms with E-state index in [1.165, 1.54) is 16.7 Å². The van der Waals surface area contributed by atoms with E-state index in [1.807, 2.05) is 0 Å². The number of fused-ring (bicyclic) bond motifs is 2. The van der Waals surface area contributed by atoms with Gasteiger partial charge in [-0.15, -0.1) is 0 Å². The summed E-state index contributed by atoms with van der Waals surface area (Å²) in [5, 5.41) is 0. The summed E-state index contributed by atoms with van der Waals surface area (Å²) in [7, 11) is 0. The van der Waals surface area contributed by atoms with Crippen molar-refractivity contribution < 1.29 is 0 Å². The Morgan fingerprint density at radius 1 is 1.07 bits per heavy atom. The standard InChI is InChI=1S/C13H10Br2/c14-13(15)9-12-7-3-5-10-4-1-2-6-11(12)8-10/h1-7,9H,8H2. The van der Waals surface area contributed by atoms with Crippen LogP contribution in [0.1, 0.15) is 6.42 Å². The molecule has 0 aliphatic heterocycles. The fourth-order valence-electron chi connectivity index (χ4n) is 1.64. The van der Waals surface area contributed by atoms with Crippen LogP contribution in [0.15, 0.2) is 68.7 Å². The molecule has 0 radical (unpaired) electrons. The Bertz CT molecular complexity index is 439. The molecule has 0 unspecified atom stereocenters. The Balaban J connectivity index is 2.42. The van der Waals surface area contributed by atoms with Crippen molar-refractivity contribution in [3.63, 3.8) is 0 Å². The summed E-state index contributed by atoms with van der Waals surface area (Å²) in [6.45, 7) is 0. The Kier molecular flexibility index (Phi) is 3.60. The van der Waals surface area contributed by atoms with Gasteiger partial charge in [-0.1, -0.05) is 42.5 Å². The third-order valence-electron chi connectivity index (χ3n) is 2.33. The second-order valence-electron chi connectivity index (χ2n) is 3.41. The maximum absolute atomic E-state index is 3.40. The second kappa shape index (κ2) is 4.95. The highest BCUT2D eigenvalue weighted by Gasteiger charge is 2.08. The van der Waals surface area contributed by atoms with Gasteiger partial charge in [0.1, 0.15) is 0 Å². The number of hydrogen-bond donors (Lipinski definition) is 0. The van der Waals surface area contributed by atoms with Gasteiger partial charge in [-0.05, 0) is 61.1 Å². The maximum atomic E-state index is 3.40. The largest absolute Gasteiger partial charge is 0.0620 e. The summed E-state index contributed by atoms with van der Waals surface area (Å²) >= 11 is 6.80. The summed E-state index contributed by atoms with van der Waals surface area (Å²) in [5.41, 5.74) is 3.93. The molecule has 0 heterocycles. The molecule has 2 rings (SSSR count). The van der Waals surface area contributed by atoms with Gasteiger partial charge in [0.15, 0.2) is 0 Å². The van der Waals surface area contributed by atoms with E-state index in [4.69, 9.17) is 0 Å². The van der Waals surface area contributed by atoms with Crippen molar-refractivity contribution in [1.82, 2.24) is 0 Å². The van der Waals surface area contributed by atoms with Crippen molar-refractivity contribution in [2.75, 3.05) is 0 Å². The molecule has 2 heteroatoms. The van der Waals surface area contributed by atoms with Gasteiger partial charge in [-0.3, -0.25) is 0 Å². The Morgan fingerprint density at radius 2 is 1.87 bits per heavy atom. The number of hydrogen-bond acceptors (Lipinski definition) is 0. The highest BCUT2D eigenvalue weighted by Crippen LogP contribution is 2.29. The van der Waals surface area contributed by atoms with Crippen LogP contribution in [0.3, 0.4) is 0 Å². The van der Waals surface area contributed by atoms with Gasteiger partial charge < -0.3 is 0 Å². The third kappa shape index (κ3) is 2.93. The molecule has 76 valence electrons. The number of rotatable bonds is 1. The minimum atomic E-state index is 0.969. The molecule has 0 N–H and O–H groups in total. The third-order valence-corrected chi connectivity index (χ3v) is 2.79. The van der Waals surface area contributed by atoms with Crippen molar-refractivity contribution in [1.29, 1.82) is 0 Å². The summed E-state index contributed by atoms with van der Waals surface area (Å²) in [6.07, 6.45) is 18.0. The van der Waals surface area contributed by atoms with Crippen LogP contribution in [-0.4, -0.2) is 0 Å². The first-order valence-electron chi connectivity index (χ1n) is 4.73. The predicted octanol–water partition coefficient (Wildman–Crippen LogP) is 4.93. The lowest BCUT2D eigenvalue weighted by molar-refractivity contribution is 1.20. The SMILES string of the molecule is BrC(Br)=CC1=CC=CC2=CC=CC=C1C2. The predicted molar refractivity (Wildman–Crippen MR) is 73.1 cm³/mol. The topological polar surface area (TPSA) is 0 Å². The van der Waals surface area contributed by atoms with Crippen LogP contribution in [0.2, 0.25) is 0 Å². The fourth-order valence-corrected chi connectivity index (χ4v) is 2.14. The molecule has 0 spiro atoms. The van der Waals surface area contributed by atoms with Gasteiger partial charge in [0.2, 0.25) is 0 Å². The Hall–Kier alpha value is -0.600. The molecule has 0 amide bonds. The van der Waals surface area contributed by atoms with E-state index in [1.54, 1.807) is 0 Å². The normalized spacial score (nSPS) is 18.4. The van der Waals surface area contributed by atoms with Gasteiger partial charge in [-0.25, -0.2) is 0 Å². The average molecular weight is 326 g/mol. The van der Waals surface area contributed by atoms with Crippen molar-refractivity contribution in [3.8, 4) is 0 Å². The zero-order valence-corrected chi connectivity index (χ0v) is 11.3. The smallest absolute Gasteiger partial charge is 0.0610 e. The van der Waals surface area contributed by atoms with Crippen LogP contribution in [0.4, 0.5) is 0 Å². The summed E-state index contributed by atoms with van der Waals surface area (Å²) in [4.78, 5) is 0. The van der Waals surface area contributed by atoms with Gasteiger partial charge in [0.05, 0.1) is 3.39 Å². The first-order valence-corrected chi connectivity index (χ1v) is 6.32. The van der Waals surface area contributed by atoms with Crippen LogP contribution in [-0.2, 0) is 0 Å². The number of allylic oxidation sites excluding steroid dienone is 11.